The predicted octanol–water partition coefficient (Wildman–Crippen LogP) is 3.87. The summed E-state index contributed by atoms with van der Waals surface area (Å²) >= 11 is 9.46. The molecule has 0 amide bonds. The van der Waals surface area contributed by atoms with Crippen LogP contribution in [0.2, 0.25) is 5.02 Å². The summed E-state index contributed by atoms with van der Waals surface area (Å²) in [6, 6.07) is 3.53. The van der Waals surface area contributed by atoms with Crippen molar-refractivity contribution < 1.29 is 9.53 Å². The van der Waals surface area contributed by atoms with Gasteiger partial charge in [0.2, 0.25) is 0 Å². The SMILES string of the molecule is CCOC(=O)c1cnc2c(Br)cc(Cl)cc2c1NC. The molecule has 0 saturated heterocycles. The molecule has 2 rings (SSSR count). The van der Waals surface area contributed by atoms with Crippen LogP contribution in [0.15, 0.2) is 22.8 Å². The molecule has 6 heteroatoms. The van der Waals surface area contributed by atoms with Crippen LogP contribution in [-0.4, -0.2) is 24.6 Å². The average Bonchev–Trinajstić information content (AvgIpc) is 2.37. The van der Waals surface area contributed by atoms with Crippen molar-refractivity contribution in [3.63, 3.8) is 0 Å². The number of ether oxygens (including phenoxy) is 1. The van der Waals surface area contributed by atoms with E-state index in [9.17, 15) is 4.79 Å². The molecule has 100 valence electrons. The van der Waals surface area contributed by atoms with Crippen molar-refractivity contribution in [3.8, 4) is 0 Å². The number of nitrogens with one attached hydrogen (secondary N) is 1. The highest BCUT2D eigenvalue weighted by Crippen LogP contribution is 2.33. The van der Waals surface area contributed by atoms with Crippen LogP contribution >= 0.6 is 27.5 Å². The Bertz CT molecular complexity index is 646. The van der Waals surface area contributed by atoms with Gasteiger partial charge in [0.15, 0.2) is 0 Å². The zero-order valence-corrected chi connectivity index (χ0v) is 12.8. The molecular formula is C13H12BrClN2O2. The summed E-state index contributed by atoms with van der Waals surface area (Å²) in [5.41, 5.74) is 1.79. The molecule has 0 unspecified atom stereocenters. The summed E-state index contributed by atoms with van der Waals surface area (Å²) in [4.78, 5) is 16.2. The number of esters is 1. The molecule has 0 saturated carbocycles. The van der Waals surface area contributed by atoms with Gasteiger partial charge in [-0.05, 0) is 35.0 Å². The molecule has 19 heavy (non-hydrogen) atoms. The van der Waals surface area contributed by atoms with E-state index >= 15 is 0 Å². The second-order valence-electron chi connectivity index (χ2n) is 3.80. The lowest BCUT2D eigenvalue weighted by Gasteiger charge is -2.12. The number of pyridine rings is 1. The minimum Gasteiger partial charge on any atom is -0.462 e. The van der Waals surface area contributed by atoms with Crippen molar-refractivity contribution in [1.29, 1.82) is 0 Å². The molecule has 1 heterocycles. The molecule has 1 N–H and O–H groups in total. The van der Waals surface area contributed by atoms with Crippen LogP contribution in [0.1, 0.15) is 17.3 Å². The fourth-order valence-corrected chi connectivity index (χ4v) is 2.77. The minimum atomic E-state index is -0.405. The van der Waals surface area contributed by atoms with E-state index in [0.29, 0.717) is 22.9 Å². The number of halogens is 2. The number of nitrogens with zero attached hydrogens (tertiary/aromatic N) is 1. The van der Waals surface area contributed by atoms with E-state index in [-0.39, 0.29) is 0 Å². The lowest BCUT2D eigenvalue weighted by molar-refractivity contribution is 0.0527. The molecule has 2 aromatic rings. The Balaban J connectivity index is 2.72. The number of anilines is 1. The largest absolute Gasteiger partial charge is 0.462 e. The Morgan fingerprint density at radius 3 is 2.89 bits per heavy atom. The summed E-state index contributed by atoms with van der Waals surface area (Å²) in [6.07, 6.45) is 1.50. The average molecular weight is 344 g/mol. The zero-order chi connectivity index (χ0) is 14.0. The highest BCUT2D eigenvalue weighted by Gasteiger charge is 2.17. The number of carbonyl (C=O) groups is 1. The van der Waals surface area contributed by atoms with Gasteiger partial charge in [-0.25, -0.2) is 4.79 Å². The van der Waals surface area contributed by atoms with E-state index in [4.69, 9.17) is 16.3 Å². The van der Waals surface area contributed by atoms with Crippen LogP contribution in [0.5, 0.6) is 0 Å². The van der Waals surface area contributed by atoms with Gasteiger partial charge in [0.05, 0.1) is 17.8 Å². The van der Waals surface area contributed by atoms with Crippen molar-refractivity contribution in [2.45, 2.75) is 6.92 Å². The van der Waals surface area contributed by atoms with Crippen LogP contribution in [0.4, 0.5) is 5.69 Å². The molecule has 0 aliphatic heterocycles. The van der Waals surface area contributed by atoms with Crippen LogP contribution < -0.4 is 5.32 Å². The van der Waals surface area contributed by atoms with E-state index in [0.717, 1.165) is 15.4 Å². The topological polar surface area (TPSA) is 51.2 Å². The van der Waals surface area contributed by atoms with Crippen molar-refractivity contribution in [2.24, 2.45) is 0 Å². The maximum Gasteiger partial charge on any atom is 0.341 e. The Morgan fingerprint density at radius 2 is 2.26 bits per heavy atom. The van der Waals surface area contributed by atoms with Gasteiger partial charge >= 0.3 is 5.97 Å². The van der Waals surface area contributed by atoms with E-state index in [1.165, 1.54) is 6.20 Å². The van der Waals surface area contributed by atoms with Gasteiger partial charge in [-0.3, -0.25) is 4.98 Å². The lowest BCUT2D eigenvalue weighted by atomic mass is 10.1. The summed E-state index contributed by atoms with van der Waals surface area (Å²) in [6.45, 7) is 2.08. The maximum atomic E-state index is 11.9. The molecule has 0 fully saturated rings. The Hall–Kier alpha value is -1.33. The summed E-state index contributed by atoms with van der Waals surface area (Å²) in [5.74, 6) is -0.405. The predicted molar refractivity (Wildman–Crippen MR) is 80.0 cm³/mol. The third kappa shape index (κ3) is 2.67. The molecule has 1 aromatic heterocycles. The van der Waals surface area contributed by atoms with E-state index in [1.54, 1.807) is 26.1 Å². The Morgan fingerprint density at radius 1 is 1.53 bits per heavy atom. The standard InChI is InChI=1S/C13H12BrClN2O2/c1-3-19-13(18)9-6-17-12-8(11(9)16-2)4-7(15)5-10(12)14/h4-6H,3H2,1-2H3,(H,16,17). The van der Waals surface area contributed by atoms with Crippen LogP contribution in [-0.2, 0) is 4.74 Å². The van der Waals surface area contributed by atoms with Crippen molar-refractivity contribution in [1.82, 2.24) is 4.98 Å². The number of carbonyl (C=O) groups excluding carboxylic acids is 1. The van der Waals surface area contributed by atoms with Gasteiger partial charge in [0, 0.05) is 28.1 Å². The maximum absolute atomic E-state index is 11.9. The molecular weight excluding hydrogens is 332 g/mol. The monoisotopic (exact) mass is 342 g/mol. The van der Waals surface area contributed by atoms with Gasteiger partial charge in [-0.1, -0.05) is 11.6 Å². The number of rotatable bonds is 3. The quantitative estimate of drug-likeness (QED) is 0.860. The molecule has 0 radical (unpaired) electrons. The van der Waals surface area contributed by atoms with E-state index in [1.807, 2.05) is 0 Å². The Kier molecular flexibility index (Phi) is 4.27. The molecule has 0 aliphatic rings. The van der Waals surface area contributed by atoms with Crippen molar-refractivity contribution >= 4 is 50.1 Å². The first-order valence-corrected chi connectivity index (χ1v) is 6.88. The smallest absolute Gasteiger partial charge is 0.341 e. The summed E-state index contributed by atoms with van der Waals surface area (Å²) in [5, 5.41) is 4.35. The molecule has 4 nitrogen and oxygen atoms in total. The molecule has 0 aliphatic carbocycles. The zero-order valence-electron chi connectivity index (χ0n) is 10.5. The van der Waals surface area contributed by atoms with Crippen molar-refractivity contribution in [3.05, 3.63) is 33.4 Å². The van der Waals surface area contributed by atoms with Crippen LogP contribution in [0, 0.1) is 0 Å². The second-order valence-corrected chi connectivity index (χ2v) is 5.09. The normalized spacial score (nSPS) is 10.5. The molecule has 0 spiro atoms. The van der Waals surface area contributed by atoms with E-state index in [2.05, 4.69) is 26.2 Å². The molecule has 0 atom stereocenters. The highest BCUT2D eigenvalue weighted by atomic mass is 79.9. The number of benzene rings is 1. The first-order valence-electron chi connectivity index (χ1n) is 5.71. The number of fused-ring (bicyclic) bond motifs is 1. The second kappa shape index (κ2) is 5.75. The van der Waals surface area contributed by atoms with Gasteiger partial charge < -0.3 is 10.1 Å². The minimum absolute atomic E-state index is 0.319. The number of hydrogen-bond acceptors (Lipinski definition) is 4. The fourth-order valence-electron chi connectivity index (χ4n) is 1.86. The van der Waals surface area contributed by atoms with Gasteiger partial charge in [0.1, 0.15) is 5.56 Å². The summed E-state index contributed by atoms with van der Waals surface area (Å²) < 4.78 is 5.80. The van der Waals surface area contributed by atoms with Crippen molar-refractivity contribution in [2.75, 3.05) is 19.0 Å². The molecule has 1 aromatic carbocycles. The van der Waals surface area contributed by atoms with Crippen LogP contribution in [0.25, 0.3) is 10.9 Å². The van der Waals surface area contributed by atoms with E-state index < -0.39 is 5.97 Å². The summed E-state index contributed by atoms with van der Waals surface area (Å²) in [7, 11) is 1.74. The van der Waals surface area contributed by atoms with Gasteiger partial charge in [-0.2, -0.15) is 0 Å². The highest BCUT2D eigenvalue weighted by molar-refractivity contribution is 9.10. The third-order valence-corrected chi connectivity index (χ3v) is 3.46. The van der Waals surface area contributed by atoms with Crippen LogP contribution in [0.3, 0.4) is 0 Å². The Labute approximate surface area is 124 Å². The third-order valence-electron chi connectivity index (χ3n) is 2.63. The van der Waals surface area contributed by atoms with Gasteiger partial charge in [0.25, 0.3) is 0 Å². The molecule has 0 bridgehead atoms. The lowest BCUT2D eigenvalue weighted by Crippen LogP contribution is -2.09. The first kappa shape index (κ1) is 14.1. The number of hydrogen-bond donors (Lipinski definition) is 1. The first-order chi connectivity index (χ1) is 9.08. The number of aromatic nitrogens is 1. The van der Waals surface area contributed by atoms with Gasteiger partial charge in [-0.15, -0.1) is 0 Å². The fraction of sp³-hybridized carbons (Fsp3) is 0.231.